The molecule has 3 rings (SSSR count). The zero-order valence-electron chi connectivity index (χ0n) is 12.3. The standard InChI is InChI=1S/C13H15N7O2S/c1-20-12-10(7-17-20)11(18-13(14)19-12)16-6-8-2-4-9(5-3-8)23(15,21)22/h2-5,7H,6H2,1H3,(H2,15,21,22)(H3,14,16,18,19). The molecule has 3 aromatic rings. The van der Waals surface area contributed by atoms with Gasteiger partial charge in [-0.1, -0.05) is 12.1 Å². The molecule has 10 heteroatoms. The summed E-state index contributed by atoms with van der Waals surface area (Å²) in [6, 6.07) is 6.27. The van der Waals surface area contributed by atoms with Crippen LogP contribution in [0.25, 0.3) is 11.0 Å². The van der Waals surface area contributed by atoms with Crippen molar-refractivity contribution < 1.29 is 8.42 Å². The van der Waals surface area contributed by atoms with Crippen molar-refractivity contribution in [3.05, 3.63) is 36.0 Å². The van der Waals surface area contributed by atoms with E-state index in [1.807, 2.05) is 0 Å². The second-order valence-electron chi connectivity index (χ2n) is 4.98. The maximum absolute atomic E-state index is 11.2. The van der Waals surface area contributed by atoms with E-state index in [0.29, 0.717) is 18.0 Å². The molecule has 1 aromatic carbocycles. The summed E-state index contributed by atoms with van der Waals surface area (Å²) in [6.45, 7) is 0.436. The third-order valence-electron chi connectivity index (χ3n) is 3.32. The topological polar surface area (TPSA) is 142 Å². The first kappa shape index (κ1) is 15.2. The lowest BCUT2D eigenvalue weighted by Crippen LogP contribution is -2.12. The maximum atomic E-state index is 11.2. The van der Waals surface area contributed by atoms with Crippen LogP contribution in [0.2, 0.25) is 0 Å². The van der Waals surface area contributed by atoms with Crippen molar-refractivity contribution in [2.75, 3.05) is 11.1 Å². The minimum Gasteiger partial charge on any atom is -0.368 e. The predicted octanol–water partition coefficient (Wildman–Crippen LogP) is 0.205. The largest absolute Gasteiger partial charge is 0.368 e. The monoisotopic (exact) mass is 333 g/mol. The molecule has 9 nitrogen and oxygen atoms in total. The molecule has 23 heavy (non-hydrogen) atoms. The first-order valence-electron chi connectivity index (χ1n) is 6.65. The molecular weight excluding hydrogens is 318 g/mol. The van der Waals surface area contributed by atoms with Gasteiger partial charge in [-0.2, -0.15) is 15.1 Å². The molecule has 0 amide bonds. The van der Waals surface area contributed by atoms with Crippen LogP contribution in [0.4, 0.5) is 11.8 Å². The van der Waals surface area contributed by atoms with E-state index in [1.54, 1.807) is 30.1 Å². The number of primary sulfonamides is 1. The summed E-state index contributed by atoms with van der Waals surface area (Å²) in [6.07, 6.45) is 1.65. The molecule has 0 aliphatic heterocycles. The van der Waals surface area contributed by atoms with Crippen molar-refractivity contribution in [3.8, 4) is 0 Å². The molecule has 2 heterocycles. The molecule has 0 spiro atoms. The summed E-state index contributed by atoms with van der Waals surface area (Å²) < 4.78 is 24.1. The molecule has 0 bridgehead atoms. The number of nitrogens with two attached hydrogens (primary N) is 2. The fourth-order valence-electron chi connectivity index (χ4n) is 2.16. The van der Waals surface area contributed by atoms with Crippen LogP contribution >= 0.6 is 0 Å². The number of hydrogen-bond donors (Lipinski definition) is 3. The first-order valence-corrected chi connectivity index (χ1v) is 8.20. The zero-order valence-corrected chi connectivity index (χ0v) is 13.1. The lowest BCUT2D eigenvalue weighted by atomic mass is 10.2. The molecule has 0 saturated carbocycles. The SMILES string of the molecule is Cn1ncc2c(NCc3ccc(S(N)(=O)=O)cc3)nc(N)nc21. The van der Waals surface area contributed by atoms with E-state index in [1.165, 1.54) is 12.1 Å². The van der Waals surface area contributed by atoms with Crippen molar-refractivity contribution in [1.82, 2.24) is 19.7 Å². The van der Waals surface area contributed by atoms with Gasteiger partial charge < -0.3 is 11.1 Å². The van der Waals surface area contributed by atoms with Gasteiger partial charge in [0.1, 0.15) is 5.82 Å². The fourth-order valence-corrected chi connectivity index (χ4v) is 2.67. The fraction of sp³-hybridized carbons (Fsp3) is 0.154. The Hall–Kier alpha value is -2.72. The van der Waals surface area contributed by atoms with Crippen LogP contribution in [0, 0.1) is 0 Å². The number of rotatable bonds is 4. The number of anilines is 2. The Morgan fingerprint density at radius 3 is 2.57 bits per heavy atom. The van der Waals surface area contributed by atoms with Crippen molar-refractivity contribution in [2.45, 2.75) is 11.4 Å². The van der Waals surface area contributed by atoms with Gasteiger partial charge in [0.25, 0.3) is 0 Å². The van der Waals surface area contributed by atoms with Crippen molar-refractivity contribution in [3.63, 3.8) is 0 Å². The summed E-state index contributed by atoms with van der Waals surface area (Å²) in [5.41, 5.74) is 7.20. The molecule has 2 aromatic heterocycles. The van der Waals surface area contributed by atoms with E-state index >= 15 is 0 Å². The van der Waals surface area contributed by atoms with Crippen molar-refractivity contribution >= 4 is 32.8 Å². The number of nitrogen functional groups attached to an aromatic ring is 1. The quantitative estimate of drug-likeness (QED) is 0.619. The number of hydrogen-bond acceptors (Lipinski definition) is 7. The highest BCUT2D eigenvalue weighted by atomic mass is 32.2. The minimum atomic E-state index is -3.69. The highest BCUT2D eigenvalue weighted by Crippen LogP contribution is 2.21. The molecule has 0 fully saturated rings. The number of aromatic nitrogens is 4. The van der Waals surface area contributed by atoms with Crippen LogP contribution in [0.5, 0.6) is 0 Å². The number of nitrogens with one attached hydrogen (secondary N) is 1. The Bertz CT molecular complexity index is 964. The van der Waals surface area contributed by atoms with Gasteiger partial charge >= 0.3 is 0 Å². The van der Waals surface area contributed by atoms with Crippen LogP contribution in [-0.2, 0) is 23.6 Å². The number of nitrogens with zero attached hydrogens (tertiary/aromatic N) is 4. The Morgan fingerprint density at radius 1 is 1.22 bits per heavy atom. The van der Waals surface area contributed by atoms with E-state index in [9.17, 15) is 8.42 Å². The number of aryl methyl sites for hydroxylation is 1. The number of benzene rings is 1. The molecule has 0 aliphatic carbocycles. The molecular formula is C13H15N7O2S. The molecule has 0 atom stereocenters. The lowest BCUT2D eigenvalue weighted by Gasteiger charge is -2.08. The van der Waals surface area contributed by atoms with Crippen molar-refractivity contribution in [1.29, 1.82) is 0 Å². The predicted molar refractivity (Wildman–Crippen MR) is 85.9 cm³/mol. The lowest BCUT2D eigenvalue weighted by molar-refractivity contribution is 0.598. The van der Waals surface area contributed by atoms with E-state index in [-0.39, 0.29) is 10.8 Å². The highest BCUT2D eigenvalue weighted by Gasteiger charge is 2.10. The highest BCUT2D eigenvalue weighted by molar-refractivity contribution is 7.89. The first-order chi connectivity index (χ1) is 10.8. The Morgan fingerprint density at radius 2 is 1.91 bits per heavy atom. The zero-order chi connectivity index (χ0) is 16.6. The van der Waals surface area contributed by atoms with Gasteiger partial charge in [0.05, 0.1) is 16.5 Å². The van der Waals surface area contributed by atoms with Gasteiger partial charge in [-0.05, 0) is 17.7 Å². The van der Waals surface area contributed by atoms with Gasteiger partial charge in [-0.25, -0.2) is 13.6 Å². The Labute approximate surface area is 132 Å². The van der Waals surface area contributed by atoms with Gasteiger partial charge in [0.2, 0.25) is 16.0 Å². The number of fused-ring (bicyclic) bond motifs is 1. The van der Waals surface area contributed by atoms with Crippen LogP contribution < -0.4 is 16.2 Å². The second-order valence-corrected chi connectivity index (χ2v) is 6.54. The van der Waals surface area contributed by atoms with Gasteiger partial charge in [-0.15, -0.1) is 0 Å². The molecule has 5 N–H and O–H groups in total. The Kier molecular flexibility index (Phi) is 3.62. The van der Waals surface area contributed by atoms with Crippen molar-refractivity contribution in [2.24, 2.45) is 12.2 Å². The summed E-state index contributed by atoms with van der Waals surface area (Å²) in [5, 5.41) is 13.1. The molecule has 0 radical (unpaired) electrons. The van der Waals surface area contributed by atoms with Crippen LogP contribution in [-0.4, -0.2) is 28.2 Å². The summed E-state index contributed by atoms with van der Waals surface area (Å²) in [4.78, 5) is 8.38. The average Bonchev–Trinajstić information content (AvgIpc) is 2.86. The Balaban J connectivity index is 1.84. The molecule has 120 valence electrons. The van der Waals surface area contributed by atoms with Gasteiger partial charge in [0, 0.05) is 13.6 Å². The van der Waals surface area contributed by atoms with Crippen LogP contribution in [0.15, 0.2) is 35.4 Å². The van der Waals surface area contributed by atoms with E-state index in [0.717, 1.165) is 10.9 Å². The van der Waals surface area contributed by atoms with Crippen LogP contribution in [0.3, 0.4) is 0 Å². The molecule has 0 unspecified atom stereocenters. The summed E-state index contributed by atoms with van der Waals surface area (Å²) >= 11 is 0. The maximum Gasteiger partial charge on any atom is 0.238 e. The third kappa shape index (κ3) is 3.07. The summed E-state index contributed by atoms with van der Waals surface area (Å²) in [5.74, 6) is 0.712. The van der Waals surface area contributed by atoms with E-state index in [2.05, 4.69) is 20.4 Å². The normalized spacial score (nSPS) is 11.7. The van der Waals surface area contributed by atoms with E-state index < -0.39 is 10.0 Å². The molecule has 0 aliphatic rings. The van der Waals surface area contributed by atoms with Gasteiger partial charge in [0.15, 0.2) is 5.65 Å². The van der Waals surface area contributed by atoms with E-state index in [4.69, 9.17) is 10.9 Å². The minimum absolute atomic E-state index is 0.0715. The second kappa shape index (κ2) is 5.48. The third-order valence-corrected chi connectivity index (χ3v) is 4.25. The summed E-state index contributed by atoms with van der Waals surface area (Å²) in [7, 11) is -1.92. The average molecular weight is 333 g/mol. The van der Waals surface area contributed by atoms with Gasteiger partial charge in [-0.3, -0.25) is 4.68 Å². The number of sulfonamides is 1. The molecule has 0 saturated heterocycles. The van der Waals surface area contributed by atoms with Crippen LogP contribution in [0.1, 0.15) is 5.56 Å². The smallest absolute Gasteiger partial charge is 0.238 e.